The molecule has 3 aromatic rings. The van der Waals surface area contributed by atoms with Crippen molar-refractivity contribution >= 4 is 52.9 Å². The average molecular weight is 492 g/mol. The molecule has 0 bridgehead atoms. The maximum absolute atomic E-state index is 12.4. The van der Waals surface area contributed by atoms with Crippen molar-refractivity contribution in [3.63, 3.8) is 0 Å². The lowest BCUT2D eigenvalue weighted by atomic mass is 10.1. The molecule has 0 aliphatic heterocycles. The summed E-state index contributed by atoms with van der Waals surface area (Å²) >= 11 is 18.0. The Labute approximate surface area is 199 Å². The van der Waals surface area contributed by atoms with E-state index < -0.39 is 11.9 Å². The zero-order chi connectivity index (χ0) is 23.3. The average Bonchev–Trinajstić information content (AvgIpc) is 2.74. The van der Waals surface area contributed by atoms with Crippen LogP contribution in [0.5, 0.6) is 11.5 Å². The van der Waals surface area contributed by atoms with Gasteiger partial charge in [0, 0.05) is 5.02 Å². The summed E-state index contributed by atoms with van der Waals surface area (Å²) in [6.07, 6.45) is 1.42. The number of hydrogen-bond acceptors (Lipinski definition) is 5. The van der Waals surface area contributed by atoms with Crippen LogP contribution in [-0.4, -0.2) is 25.2 Å². The summed E-state index contributed by atoms with van der Waals surface area (Å²) in [5.74, 6) is -0.617. The molecule has 0 atom stereocenters. The number of aryl methyl sites for hydroxylation is 1. The number of hydrazone groups is 1. The van der Waals surface area contributed by atoms with Crippen LogP contribution in [0, 0.1) is 6.92 Å². The van der Waals surface area contributed by atoms with Gasteiger partial charge in [-0.15, -0.1) is 0 Å². The third kappa shape index (κ3) is 5.79. The molecule has 0 saturated heterocycles. The normalized spacial score (nSPS) is 10.8. The molecular weight excluding hydrogens is 475 g/mol. The fourth-order valence-electron chi connectivity index (χ4n) is 2.69. The predicted molar refractivity (Wildman–Crippen MR) is 126 cm³/mol. The van der Waals surface area contributed by atoms with Crippen LogP contribution in [0.25, 0.3) is 0 Å². The summed E-state index contributed by atoms with van der Waals surface area (Å²) in [4.78, 5) is 24.7. The van der Waals surface area contributed by atoms with Gasteiger partial charge in [0.1, 0.15) is 0 Å². The van der Waals surface area contributed by atoms with Gasteiger partial charge in [-0.1, -0.05) is 40.9 Å². The molecule has 0 aliphatic rings. The summed E-state index contributed by atoms with van der Waals surface area (Å²) in [6.45, 7) is 1.88. The first kappa shape index (κ1) is 23.6. The highest BCUT2D eigenvalue weighted by molar-refractivity contribution is 6.36. The van der Waals surface area contributed by atoms with E-state index in [0.29, 0.717) is 26.9 Å². The molecule has 3 aromatic carbocycles. The summed E-state index contributed by atoms with van der Waals surface area (Å²) in [5, 5.41) is 4.86. The molecule has 32 heavy (non-hydrogen) atoms. The Morgan fingerprint density at radius 2 is 1.62 bits per heavy atom. The molecule has 0 aliphatic carbocycles. The SMILES string of the molecule is COc1cc(C=NNC(=O)c2ccc(C)cc2Cl)ccc1OC(=O)c1ccc(Cl)cc1Cl. The Morgan fingerprint density at radius 3 is 2.31 bits per heavy atom. The fraction of sp³-hybridized carbons (Fsp3) is 0.0870. The van der Waals surface area contributed by atoms with Crippen molar-refractivity contribution in [3.8, 4) is 11.5 Å². The minimum atomic E-state index is -0.659. The Kier molecular flexibility index (Phi) is 7.75. The number of esters is 1. The first-order valence-electron chi connectivity index (χ1n) is 9.23. The molecule has 0 saturated carbocycles. The van der Waals surface area contributed by atoms with Crippen LogP contribution in [-0.2, 0) is 0 Å². The predicted octanol–water partition coefficient (Wildman–Crippen LogP) is 5.95. The van der Waals surface area contributed by atoms with E-state index in [2.05, 4.69) is 10.5 Å². The highest BCUT2D eigenvalue weighted by Gasteiger charge is 2.16. The largest absolute Gasteiger partial charge is 0.493 e. The standard InChI is InChI=1S/C23H17Cl3N2O4/c1-13-3-6-16(18(25)9-13)22(29)28-27-12-14-4-8-20(21(10-14)31-2)32-23(30)17-7-5-15(24)11-19(17)26/h3-12H,1-2H3,(H,28,29). The van der Waals surface area contributed by atoms with E-state index in [0.717, 1.165) is 5.56 Å². The highest BCUT2D eigenvalue weighted by Crippen LogP contribution is 2.30. The number of benzene rings is 3. The van der Waals surface area contributed by atoms with Gasteiger partial charge in [-0.2, -0.15) is 5.10 Å². The summed E-state index contributed by atoms with van der Waals surface area (Å²) in [7, 11) is 1.43. The van der Waals surface area contributed by atoms with Crippen LogP contribution in [0.15, 0.2) is 59.7 Å². The molecule has 0 fully saturated rings. The second-order valence-electron chi connectivity index (χ2n) is 6.61. The molecule has 6 nitrogen and oxygen atoms in total. The second-order valence-corrected chi connectivity index (χ2v) is 7.86. The van der Waals surface area contributed by atoms with Crippen molar-refractivity contribution in [3.05, 3.63) is 91.9 Å². The van der Waals surface area contributed by atoms with E-state index >= 15 is 0 Å². The maximum atomic E-state index is 12.4. The summed E-state index contributed by atoms with van der Waals surface area (Å²) in [6, 6.07) is 14.4. The number of hydrogen-bond donors (Lipinski definition) is 1. The lowest BCUT2D eigenvalue weighted by molar-refractivity contribution is 0.0729. The van der Waals surface area contributed by atoms with E-state index in [9.17, 15) is 9.59 Å². The maximum Gasteiger partial charge on any atom is 0.345 e. The van der Waals surface area contributed by atoms with Gasteiger partial charge in [0.15, 0.2) is 11.5 Å². The van der Waals surface area contributed by atoms with Crippen molar-refractivity contribution in [2.75, 3.05) is 7.11 Å². The van der Waals surface area contributed by atoms with Crippen LogP contribution in [0.2, 0.25) is 15.1 Å². The Hall–Kier alpha value is -3.06. The molecular formula is C23H17Cl3N2O4. The van der Waals surface area contributed by atoms with Gasteiger partial charge < -0.3 is 9.47 Å². The number of halogens is 3. The Bertz CT molecular complexity index is 1210. The van der Waals surface area contributed by atoms with Crippen molar-refractivity contribution in [1.29, 1.82) is 0 Å². The van der Waals surface area contributed by atoms with Gasteiger partial charge in [0.25, 0.3) is 5.91 Å². The molecule has 0 radical (unpaired) electrons. The number of nitrogens with zero attached hydrogens (tertiary/aromatic N) is 1. The first-order valence-corrected chi connectivity index (χ1v) is 10.4. The molecule has 0 spiro atoms. The minimum Gasteiger partial charge on any atom is -0.493 e. The summed E-state index contributed by atoms with van der Waals surface area (Å²) in [5.41, 5.74) is 4.45. The second kappa shape index (κ2) is 10.5. The molecule has 0 aromatic heterocycles. The van der Waals surface area contributed by atoms with Crippen LogP contribution >= 0.6 is 34.8 Å². The van der Waals surface area contributed by atoms with E-state index in [-0.39, 0.29) is 16.3 Å². The van der Waals surface area contributed by atoms with Gasteiger partial charge in [-0.3, -0.25) is 4.79 Å². The quantitative estimate of drug-likeness (QED) is 0.200. The van der Waals surface area contributed by atoms with Gasteiger partial charge in [0.2, 0.25) is 0 Å². The number of methoxy groups -OCH3 is 1. The molecule has 1 amide bonds. The molecule has 164 valence electrons. The van der Waals surface area contributed by atoms with Crippen LogP contribution < -0.4 is 14.9 Å². The first-order chi connectivity index (χ1) is 15.3. The van der Waals surface area contributed by atoms with Gasteiger partial charge in [0.05, 0.1) is 34.5 Å². The number of carbonyl (C=O) groups is 2. The van der Waals surface area contributed by atoms with E-state index in [1.54, 1.807) is 42.5 Å². The fourth-order valence-corrected chi connectivity index (χ4v) is 3.50. The smallest absolute Gasteiger partial charge is 0.345 e. The minimum absolute atomic E-state index is 0.168. The number of rotatable bonds is 6. The molecule has 1 N–H and O–H groups in total. The van der Waals surface area contributed by atoms with E-state index in [4.69, 9.17) is 44.3 Å². The van der Waals surface area contributed by atoms with E-state index in [1.807, 2.05) is 6.92 Å². The zero-order valence-electron chi connectivity index (χ0n) is 17.0. The summed E-state index contributed by atoms with van der Waals surface area (Å²) < 4.78 is 10.7. The number of carbonyl (C=O) groups excluding carboxylic acids is 2. The van der Waals surface area contributed by atoms with Crippen molar-refractivity contribution in [2.45, 2.75) is 6.92 Å². The number of amides is 1. The van der Waals surface area contributed by atoms with Gasteiger partial charge in [-0.05, 0) is 66.6 Å². The topological polar surface area (TPSA) is 77.0 Å². The van der Waals surface area contributed by atoms with Crippen molar-refractivity contribution < 1.29 is 19.1 Å². The molecule has 9 heteroatoms. The zero-order valence-corrected chi connectivity index (χ0v) is 19.3. The third-order valence-corrected chi connectivity index (χ3v) is 5.15. The highest BCUT2D eigenvalue weighted by atomic mass is 35.5. The number of ether oxygens (including phenoxy) is 2. The Morgan fingerprint density at radius 1 is 0.906 bits per heavy atom. The molecule has 0 unspecified atom stereocenters. The lowest BCUT2D eigenvalue weighted by Gasteiger charge is -2.10. The molecule has 0 heterocycles. The van der Waals surface area contributed by atoms with Gasteiger partial charge >= 0.3 is 5.97 Å². The van der Waals surface area contributed by atoms with E-state index in [1.165, 1.54) is 25.5 Å². The lowest BCUT2D eigenvalue weighted by Crippen LogP contribution is -2.18. The number of nitrogens with one attached hydrogen (secondary N) is 1. The monoisotopic (exact) mass is 490 g/mol. The van der Waals surface area contributed by atoms with Crippen LogP contribution in [0.1, 0.15) is 31.8 Å². The van der Waals surface area contributed by atoms with Crippen LogP contribution in [0.3, 0.4) is 0 Å². The van der Waals surface area contributed by atoms with Gasteiger partial charge in [-0.25, -0.2) is 10.2 Å². The third-order valence-electron chi connectivity index (χ3n) is 4.29. The molecule has 3 rings (SSSR count). The van der Waals surface area contributed by atoms with Crippen molar-refractivity contribution in [1.82, 2.24) is 5.43 Å². The van der Waals surface area contributed by atoms with Crippen molar-refractivity contribution in [2.24, 2.45) is 5.10 Å². The Balaban J connectivity index is 1.70. The van der Waals surface area contributed by atoms with Crippen LogP contribution in [0.4, 0.5) is 0 Å².